The van der Waals surface area contributed by atoms with Crippen molar-refractivity contribution in [2.75, 3.05) is 6.61 Å². The SMILES string of the molecule is CCc1cc(C[C@@H](C(=O)O)n2cccc2)ccc1OCCc1nc(-c2ccccc2)oc1C. The van der Waals surface area contributed by atoms with E-state index in [0.717, 1.165) is 40.3 Å². The molecule has 4 aromatic rings. The standard InChI is InChI=1S/C27H28N2O4/c1-3-21-17-20(18-24(27(30)31)29-14-7-8-15-29)11-12-25(21)32-16-13-23-19(2)33-26(28-23)22-9-5-4-6-10-22/h4-12,14-15,17,24H,3,13,16,18H2,1-2H3,(H,30,31)/t24-/m0/s1. The van der Waals surface area contributed by atoms with Gasteiger partial charge in [-0.1, -0.05) is 37.3 Å². The zero-order chi connectivity index (χ0) is 23.2. The Morgan fingerprint density at radius 1 is 1.12 bits per heavy atom. The fourth-order valence-corrected chi connectivity index (χ4v) is 3.90. The van der Waals surface area contributed by atoms with Gasteiger partial charge < -0.3 is 18.8 Å². The molecule has 0 unspecified atom stereocenters. The van der Waals surface area contributed by atoms with E-state index in [1.807, 2.05) is 67.6 Å². The number of carboxylic acid groups (broad SMARTS) is 1. The van der Waals surface area contributed by atoms with E-state index in [1.54, 1.807) is 17.0 Å². The molecule has 0 fully saturated rings. The predicted octanol–water partition coefficient (Wildman–Crippen LogP) is 5.50. The van der Waals surface area contributed by atoms with Gasteiger partial charge in [0.05, 0.1) is 12.3 Å². The van der Waals surface area contributed by atoms with Crippen molar-refractivity contribution in [2.24, 2.45) is 0 Å². The molecule has 4 rings (SSSR count). The van der Waals surface area contributed by atoms with Gasteiger partial charge in [0.1, 0.15) is 17.6 Å². The van der Waals surface area contributed by atoms with E-state index in [-0.39, 0.29) is 0 Å². The van der Waals surface area contributed by atoms with Crippen LogP contribution >= 0.6 is 0 Å². The van der Waals surface area contributed by atoms with Crippen molar-refractivity contribution in [1.82, 2.24) is 9.55 Å². The van der Waals surface area contributed by atoms with Gasteiger partial charge in [0.25, 0.3) is 0 Å². The van der Waals surface area contributed by atoms with Gasteiger partial charge in [0.2, 0.25) is 5.89 Å². The molecule has 0 radical (unpaired) electrons. The number of rotatable bonds is 10. The van der Waals surface area contributed by atoms with E-state index in [4.69, 9.17) is 9.15 Å². The Morgan fingerprint density at radius 3 is 2.58 bits per heavy atom. The van der Waals surface area contributed by atoms with E-state index in [1.165, 1.54) is 0 Å². The first kappa shape index (κ1) is 22.4. The largest absolute Gasteiger partial charge is 0.493 e. The highest BCUT2D eigenvalue weighted by molar-refractivity contribution is 5.72. The van der Waals surface area contributed by atoms with Gasteiger partial charge in [0.15, 0.2) is 0 Å². The molecule has 6 heteroatoms. The second-order valence-electron chi connectivity index (χ2n) is 7.97. The van der Waals surface area contributed by atoms with E-state index in [9.17, 15) is 9.90 Å². The molecule has 0 amide bonds. The molecule has 0 bridgehead atoms. The molecule has 0 saturated carbocycles. The molecular formula is C27H28N2O4. The summed E-state index contributed by atoms with van der Waals surface area (Å²) in [4.78, 5) is 16.4. The third-order valence-electron chi connectivity index (χ3n) is 5.72. The first-order valence-electron chi connectivity index (χ1n) is 11.2. The minimum Gasteiger partial charge on any atom is -0.493 e. The van der Waals surface area contributed by atoms with Crippen LogP contribution in [0.5, 0.6) is 5.75 Å². The van der Waals surface area contributed by atoms with Crippen molar-refractivity contribution >= 4 is 5.97 Å². The molecule has 33 heavy (non-hydrogen) atoms. The molecule has 0 spiro atoms. The summed E-state index contributed by atoms with van der Waals surface area (Å²) < 4.78 is 13.6. The maximum atomic E-state index is 11.8. The monoisotopic (exact) mass is 444 g/mol. The number of nitrogens with zero attached hydrogens (tertiary/aromatic N) is 2. The highest BCUT2D eigenvalue weighted by atomic mass is 16.5. The lowest BCUT2D eigenvalue weighted by atomic mass is 10.0. The molecule has 0 aliphatic rings. The first-order chi connectivity index (χ1) is 16.0. The molecule has 1 atom stereocenters. The molecule has 1 N–H and O–H groups in total. The normalized spacial score (nSPS) is 11.9. The summed E-state index contributed by atoms with van der Waals surface area (Å²) in [6.45, 7) is 4.47. The van der Waals surface area contributed by atoms with E-state index >= 15 is 0 Å². The summed E-state index contributed by atoms with van der Waals surface area (Å²) in [5.41, 5.74) is 3.88. The number of carbonyl (C=O) groups is 1. The fourth-order valence-electron chi connectivity index (χ4n) is 3.90. The van der Waals surface area contributed by atoms with Crippen molar-refractivity contribution in [2.45, 2.75) is 39.2 Å². The van der Waals surface area contributed by atoms with Crippen molar-refractivity contribution in [3.63, 3.8) is 0 Å². The molecule has 170 valence electrons. The van der Waals surface area contributed by atoms with Crippen LogP contribution in [0.3, 0.4) is 0 Å². The minimum atomic E-state index is -0.845. The Hall–Kier alpha value is -3.80. The van der Waals surface area contributed by atoms with Crippen LogP contribution in [-0.4, -0.2) is 27.2 Å². The molecule has 2 heterocycles. The van der Waals surface area contributed by atoms with Gasteiger partial charge in [-0.15, -0.1) is 0 Å². The van der Waals surface area contributed by atoms with Crippen molar-refractivity contribution < 1.29 is 19.1 Å². The number of hydrogen-bond donors (Lipinski definition) is 1. The van der Waals surface area contributed by atoms with Gasteiger partial charge in [-0.3, -0.25) is 0 Å². The zero-order valence-corrected chi connectivity index (χ0v) is 18.9. The average Bonchev–Trinajstić information content (AvgIpc) is 3.48. The number of aryl methyl sites for hydroxylation is 2. The van der Waals surface area contributed by atoms with Gasteiger partial charge >= 0.3 is 5.97 Å². The molecular weight excluding hydrogens is 416 g/mol. The number of benzene rings is 2. The third kappa shape index (κ3) is 5.34. The molecule has 0 saturated heterocycles. The van der Waals surface area contributed by atoms with Gasteiger partial charge in [-0.05, 0) is 54.8 Å². The number of oxazole rings is 1. The third-order valence-corrected chi connectivity index (χ3v) is 5.72. The Kier molecular flexibility index (Phi) is 6.93. The summed E-state index contributed by atoms with van der Waals surface area (Å²) in [7, 11) is 0. The topological polar surface area (TPSA) is 77.5 Å². The average molecular weight is 445 g/mol. The van der Waals surface area contributed by atoms with Crippen LogP contribution in [0.4, 0.5) is 0 Å². The van der Waals surface area contributed by atoms with Gasteiger partial charge in [-0.25, -0.2) is 9.78 Å². The maximum Gasteiger partial charge on any atom is 0.327 e. The summed E-state index contributed by atoms with van der Waals surface area (Å²) in [6, 6.07) is 18.8. The van der Waals surface area contributed by atoms with Crippen molar-refractivity contribution in [1.29, 1.82) is 0 Å². The lowest BCUT2D eigenvalue weighted by Gasteiger charge is -2.16. The predicted molar refractivity (Wildman–Crippen MR) is 127 cm³/mol. The lowest BCUT2D eigenvalue weighted by molar-refractivity contribution is -0.140. The highest BCUT2D eigenvalue weighted by Gasteiger charge is 2.20. The fraction of sp³-hybridized carbons (Fsp3) is 0.259. The Labute approximate surface area is 193 Å². The molecule has 0 aliphatic heterocycles. The second kappa shape index (κ2) is 10.2. The Bertz CT molecular complexity index is 1200. The van der Waals surface area contributed by atoms with Crippen LogP contribution in [0.25, 0.3) is 11.5 Å². The molecule has 6 nitrogen and oxygen atoms in total. The Morgan fingerprint density at radius 2 is 1.88 bits per heavy atom. The summed E-state index contributed by atoms with van der Waals surface area (Å²) in [6.07, 6.45) is 5.42. The maximum absolute atomic E-state index is 11.8. The minimum absolute atomic E-state index is 0.414. The van der Waals surface area contributed by atoms with Crippen molar-refractivity contribution in [3.05, 3.63) is 95.6 Å². The van der Waals surface area contributed by atoms with E-state index < -0.39 is 12.0 Å². The first-order valence-corrected chi connectivity index (χ1v) is 11.2. The van der Waals surface area contributed by atoms with Crippen LogP contribution in [0.2, 0.25) is 0 Å². The zero-order valence-electron chi connectivity index (χ0n) is 18.9. The molecule has 0 aliphatic carbocycles. The summed E-state index contributed by atoms with van der Waals surface area (Å²) >= 11 is 0. The lowest BCUT2D eigenvalue weighted by Crippen LogP contribution is -2.20. The van der Waals surface area contributed by atoms with Crippen LogP contribution in [0.1, 0.15) is 35.5 Å². The summed E-state index contributed by atoms with van der Waals surface area (Å²) in [5.74, 6) is 1.39. The number of hydrogen-bond acceptors (Lipinski definition) is 4. The van der Waals surface area contributed by atoms with E-state index in [0.29, 0.717) is 25.3 Å². The number of aliphatic carboxylic acids is 1. The highest BCUT2D eigenvalue weighted by Crippen LogP contribution is 2.25. The van der Waals surface area contributed by atoms with Crippen LogP contribution in [0.15, 0.2) is 77.5 Å². The van der Waals surface area contributed by atoms with Crippen molar-refractivity contribution in [3.8, 4) is 17.2 Å². The second-order valence-corrected chi connectivity index (χ2v) is 7.97. The van der Waals surface area contributed by atoms with E-state index in [2.05, 4.69) is 11.9 Å². The quantitative estimate of drug-likeness (QED) is 0.349. The van der Waals surface area contributed by atoms with Gasteiger partial charge in [0, 0.05) is 30.8 Å². The van der Waals surface area contributed by atoms with Crippen LogP contribution in [-0.2, 0) is 24.1 Å². The molecule has 2 aromatic carbocycles. The smallest absolute Gasteiger partial charge is 0.327 e. The number of ether oxygens (including phenoxy) is 1. The van der Waals surface area contributed by atoms with Crippen LogP contribution < -0.4 is 4.74 Å². The van der Waals surface area contributed by atoms with Gasteiger partial charge in [-0.2, -0.15) is 0 Å². The number of aromatic nitrogens is 2. The number of carboxylic acids is 1. The summed E-state index contributed by atoms with van der Waals surface area (Å²) in [5, 5.41) is 9.65. The van der Waals surface area contributed by atoms with Crippen LogP contribution in [0, 0.1) is 6.92 Å². The Balaban J connectivity index is 1.41. The molecule has 2 aromatic heterocycles.